The summed E-state index contributed by atoms with van der Waals surface area (Å²) in [6.07, 6.45) is 7.06. The smallest absolute Gasteiger partial charge is 0.00698 e. The van der Waals surface area contributed by atoms with Crippen molar-refractivity contribution in [3.63, 3.8) is 0 Å². The molecule has 2 saturated carbocycles. The van der Waals surface area contributed by atoms with Crippen LogP contribution in [0.1, 0.15) is 32.1 Å². The SMILES string of the molecule is N[C@@H](CC1CC1)C1CC1. The normalized spacial score (nSPS) is 30.3. The lowest BCUT2D eigenvalue weighted by Gasteiger charge is -2.06. The van der Waals surface area contributed by atoms with E-state index in [0.29, 0.717) is 6.04 Å². The number of hydrogen-bond donors (Lipinski definition) is 1. The van der Waals surface area contributed by atoms with E-state index < -0.39 is 0 Å². The van der Waals surface area contributed by atoms with Crippen LogP contribution < -0.4 is 5.73 Å². The molecule has 1 heteroatoms. The minimum Gasteiger partial charge on any atom is -0.327 e. The van der Waals surface area contributed by atoms with Crippen molar-refractivity contribution < 1.29 is 0 Å². The summed E-state index contributed by atoms with van der Waals surface area (Å²) in [5.74, 6) is 1.95. The van der Waals surface area contributed by atoms with Gasteiger partial charge in [0.15, 0.2) is 0 Å². The molecule has 0 unspecified atom stereocenters. The second kappa shape index (κ2) is 1.98. The Bertz CT molecular complexity index is 103. The molecule has 1 atom stereocenters. The maximum Gasteiger partial charge on any atom is 0.00698 e. The molecule has 1 nitrogen and oxygen atoms in total. The van der Waals surface area contributed by atoms with E-state index >= 15 is 0 Å². The van der Waals surface area contributed by atoms with Crippen molar-refractivity contribution in [2.45, 2.75) is 38.1 Å². The zero-order chi connectivity index (χ0) is 6.27. The molecule has 0 aromatic heterocycles. The second-order valence-electron chi connectivity index (χ2n) is 3.68. The first-order valence-corrected chi connectivity index (χ1v) is 4.12. The lowest BCUT2D eigenvalue weighted by molar-refractivity contribution is 0.516. The predicted molar refractivity (Wildman–Crippen MR) is 38.0 cm³/mol. The third kappa shape index (κ3) is 1.45. The Balaban J connectivity index is 1.69. The largest absolute Gasteiger partial charge is 0.327 e. The van der Waals surface area contributed by atoms with Crippen molar-refractivity contribution in [1.82, 2.24) is 0 Å². The van der Waals surface area contributed by atoms with Crippen molar-refractivity contribution in [3.8, 4) is 0 Å². The molecule has 0 aromatic rings. The monoisotopic (exact) mass is 125 g/mol. The first-order chi connectivity index (χ1) is 4.36. The molecule has 0 heterocycles. The van der Waals surface area contributed by atoms with Crippen LogP contribution in [0, 0.1) is 11.8 Å². The van der Waals surface area contributed by atoms with Gasteiger partial charge in [-0.3, -0.25) is 0 Å². The summed E-state index contributed by atoms with van der Waals surface area (Å²) in [5, 5.41) is 0. The highest BCUT2D eigenvalue weighted by atomic mass is 14.7. The van der Waals surface area contributed by atoms with Gasteiger partial charge in [-0.25, -0.2) is 0 Å². The zero-order valence-corrected chi connectivity index (χ0v) is 5.84. The molecule has 2 aliphatic carbocycles. The Kier molecular flexibility index (Phi) is 1.26. The molecule has 2 rings (SSSR count). The predicted octanol–water partition coefficient (Wildman–Crippen LogP) is 1.52. The number of hydrogen-bond acceptors (Lipinski definition) is 1. The molecule has 0 amide bonds. The molecule has 2 N–H and O–H groups in total. The van der Waals surface area contributed by atoms with Crippen LogP contribution in [0.2, 0.25) is 0 Å². The van der Waals surface area contributed by atoms with Crippen LogP contribution in [0.4, 0.5) is 0 Å². The Labute approximate surface area is 56.6 Å². The van der Waals surface area contributed by atoms with Crippen LogP contribution >= 0.6 is 0 Å². The topological polar surface area (TPSA) is 26.0 Å². The van der Waals surface area contributed by atoms with E-state index in [2.05, 4.69) is 0 Å². The number of nitrogens with two attached hydrogens (primary N) is 1. The highest BCUT2D eigenvalue weighted by Gasteiger charge is 2.32. The van der Waals surface area contributed by atoms with Gasteiger partial charge in [0, 0.05) is 6.04 Å². The van der Waals surface area contributed by atoms with Crippen molar-refractivity contribution in [1.29, 1.82) is 0 Å². The summed E-state index contributed by atoms with van der Waals surface area (Å²) < 4.78 is 0. The molecule has 52 valence electrons. The summed E-state index contributed by atoms with van der Waals surface area (Å²) in [6, 6.07) is 0.567. The minimum atomic E-state index is 0.567. The van der Waals surface area contributed by atoms with Crippen LogP contribution in [0.5, 0.6) is 0 Å². The molecule has 0 aliphatic heterocycles. The molecular weight excluding hydrogens is 110 g/mol. The Morgan fingerprint density at radius 2 is 1.89 bits per heavy atom. The van der Waals surface area contributed by atoms with Gasteiger partial charge in [0.1, 0.15) is 0 Å². The fourth-order valence-electron chi connectivity index (χ4n) is 1.46. The van der Waals surface area contributed by atoms with Crippen LogP contribution in [0.3, 0.4) is 0 Å². The fraction of sp³-hybridized carbons (Fsp3) is 1.00. The Morgan fingerprint density at radius 1 is 1.22 bits per heavy atom. The van der Waals surface area contributed by atoms with E-state index in [0.717, 1.165) is 11.8 Å². The first-order valence-electron chi connectivity index (χ1n) is 4.12. The van der Waals surface area contributed by atoms with E-state index in [1.165, 1.54) is 32.1 Å². The average molecular weight is 125 g/mol. The average Bonchev–Trinajstić information content (AvgIpc) is 2.62. The highest BCUT2D eigenvalue weighted by molar-refractivity contribution is 4.88. The van der Waals surface area contributed by atoms with E-state index in [1.807, 2.05) is 0 Å². The van der Waals surface area contributed by atoms with Crippen LogP contribution in [0.25, 0.3) is 0 Å². The molecule has 0 bridgehead atoms. The third-order valence-corrected chi connectivity index (χ3v) is 2.53. The van der Waals surface area contributed by atoms with Gasteiger partial charge in [-0.15, -0.1) is 0 Å². The quantitative estimate of drug-likeness (QED) is 0.608. The van der Waals surface area contributed by atoms with Gasteiger partial charge in [-0.05, 0) is 31.1 Å². The van der Waals surface area contributed by atoms with Gasteiger partial charge in [0.05, 0.1) is 0 Å². The highest BCUT2D eigenvalue weighted by Crippen LogP contribution is 2.40. The fourth-order valence-corrected chi connectivity index (χ4v) is 1.46. The summed E-state index contributed by atoms with van der Waals surface area (Å²) in [7, 11) is 0. The first kappa shape index (κ1) is 5.72. The molecule has 2 aliphatic rings. The second-order valence-corrected chi connectivity index (χ2v) is 3.68. The summed E-state index contributed by atoms with van der Waals surface area (Å²) in [5.41, 5.74) is 5.92. The maximum absolute atomic E-state index is 5.92. The van der Waals surface area contributed by atoms with Crippen molar-refractivity contribution in [2.75, 3.05) is 0 Å². The van der Waals surface area contributed by atoms with E-state index in [4.69, 9.17) is 5.73 Å². The Hall–Kier alpha value is -0.0400. The van der Waals surface area contributed by atoms with Crippen molar-refractivity contribution >= 4 is 0 Å². The molecule has 2 fully saturated rings. The van der Waals surface area contributed by atoms with Crippen molar-refractivity contribution in [2.24, 2.45) is 17.6 Å². The summed E-state index contributed by atoms with van der Waals surface area (Å²) in [6.45, 7) is 0. The Morgan fingerprint density at radius 3 is 2.33 bits per heavy atom. The summed E-state index contributed by atoms with van der Waals surface area (Å²) in [4.78, 5) is 0. The molecular formula is C8H15N. The standard InChI is InChI=1S/C8H15N/c9-8(7-3-4-7)5-6-1-2-6/h6-8H,1-5,9H2/t8-/m0/s1. The molecule has 0 spiro atoms. The lowest BCUT2D eigenvalue weighted by Crippen LogP contribution is -2.22. The van der Waals surface area contributed by atoms with Crippen LogP contribution in [0.15, 0.2) is 0 Å². The zero-order valence-electron chi connectivity index (χ0n) is 5.84. The van der Waals surface area contributed by atoms with Crippen LogP contribution in [-0.2, 0) is 0 Å². The van der Waals surface area contributed by atoms with Gasteiger partial charge in [-0.1, -0.05) is 12.8 Å². The van der Waals surface area contributed by atoms with Gasteiger partial charge < -0.3 is 5.73 Å². The summed E-state index contributed by atoms with van der Waals surface area (Å²) >= 11 is 0. The molecule has 0 aromatic carbocycles. The van der Waals surface area contributed by atoms with Crippen LogP contribution in [-0.4, -0.2) is 6.04 Å². The van der Waals surface area contributed by atoms with Gasteiger partial charge in [0.2, 0.25) is 0 Å². The van der Waals surface area contributed by atoms with E-state index in [-0.39, 0.29) is 0 Å². The molecule has 0 saturated heterocycles. The van der Waals surface area contributed by atoms with Gasteiger partial charge >= 0.3 is 0 Å². The number of rotatable bonds is 3. The third-order valence-electron chi connectivity index (χ3n) is 2.53. The molecule has 0 radical (unpaired) electrons. The van der Waals surface area contributed by atoms with E-state index in [1.54, 1.807) is 0 Å². The van der Waals surface area contributed by atoms with Gasteiger partial charge in [-0.2, -0.15) is 0 Å². The van der Waals surface area contributed by atoms with Crippen molar-refractivity contribution in [3.05, 3.63) is 0 Å². The lowest BCUT2D eigenvalue weighted by atomic mass is 10.1. The maximum atomic E-state index is 5.92. The van der Waals surface area contributed by atoms with E-state index in [9.17, 15) is 0 Å². The van der Waals surface area contributed by atoms with Gasteiger partial charge in [0.25, 0.3) is 0 Å². The molecule has 9 heavy (non-hydrogen) atoms. The minimum absolute atomic E-state index is 0.567.